The van der Waals surface area contributed by atoms with Gasteiger partial charge < -0.3 is 14.7 Å². The summed E-state index contributed by atoms with van der Waals surface area (Å²) < 4.78 is 6.99. The first-order valence-electron chi connectivity index (χ1n) is 7.89. The Morgan fingerprint density at radius 2 is 2.17 bits per heavy atom. The maximum atomic E-state index is 12.5. The molecule has 0 aliphatic carbocycles. The van der Waals surface area contributed by atoms with Crippen LogP contribution in [0, 0.1) is 0 Å². The third-order valence-electron chi connectivity index (χ3n) is 4.36. The molecule has 1 saturated heterocycles. The number of aliphatic hydroxyl groups is 1. The highest BCUT2D eigenvalue weighted by molar-refractivity contribution is 6.30. The molecule has 0 radical (unpaired) electrons. The molecule has 1 N–H and O–H groups in total. The van der Waals surface area contributed by atoms with Crippen molar-refractivity contribution < 1.29 is 14.6 Å². The van der Waals surface area contributed by atoms with Gasteiger partial charge in [0.1, 0.15) is 5.75 Å². The maximum absolute atomic E-state index is 12.5. The molecule has 1 aliphatic rings. The summed E-state index contributed by atoms with van der Waals surface area (Å²) in [6, 6.07) is 7.18. The van der Waals surface area contributed by atoms with Crippen LogP contribution in [0.2, 0.25) is 5.02 Å². The van der Waals surface area contributed by atoms with Crippen molar-refractivity contribution in [1.29, 1.82) is 0 Å². The number of halogens is 1. The summed E-state index contributed by atoms with van der Waals surface area (Å²) >= 11 is 5.90. The van der Waals surface area contributed by atoms with Gasteiger partial charge in [0.2, 0.25) is 0 Å². The number of aliphatic hydroxyl groups excluding tert-OH is 1. The molecule has 1 aromatic heterocycles. The topological polar surface area (TPSA) is 67.6 Å². The molecule has 0 bridgehead atoms. The lowest BCUT2D eigenvalue weighted by Crippen LogP contribution is -2.41. The highest BCUT2D eigenvalue weighted by Gasteiger charge is 2.29. The van der Waals surface area contributed by atoms with Crippen LogP contribution in [0.3, 0.4) is 0 Å². The quantitative estimate of drug-likeness (QED) is 0.920. The molecular weight excluding hydrogens is 330 g/mol. The molecule has 24 heavy (non-hydrogen) atoms. The molecule has 0 spiro atoms. The summed E-state index contributed by atoms with van der Waals surface area (Å²) in [5.41, 5.74) is 0.542. The lowest BCUT2D eigenvalue weighted by Gasteiger charge is -2.33. The Balaban J connectivity index is 1.62. The van der Waals surface area contributed by atoms with Gasteiger partial charge in [0.05, 0.1) is 24.4 Å². The summed E-state index contributed by atoms with van der Waals surface area (Å²) in [5, 5.41) is 15.2. The van der Waals surface area contributed by atoms with E-state index in [1.165, 1.54) is 0 Å². The van der Waals surface area contributed by atoms with Gasteiger partial charge in [-0.05, 0) is 30.5 Å². The average Bonchev–Trinajstić information content (AvgIpc) is 3.07. The second kappa shape index (κ2) is 7.23. The number of carbonyl (C=O) groups excluding carboxylic acids is 1. The first kappa shape index (κ1) is 16.8. The molecule has 6 nitrogen and oxygen atoms in total. The van der Waals surface area contributed by atoms with Crippen LogP contribution in [0.15, 0.2) is 36.7 Å². The Labute approximate surface area is 145 Å². The molecule has 1 atom stereocenters. The van der Waals surface area contributed by atoms with Gasteiger partial charge >= 0.3 is 0 Å². The number of hydrogen-bond donors (Lipinski definition) is 1. The number of likely N-dealkylation sites (tertiary alicyclic amines) is 1. The fraction of sp³-hybridized carbons (Fsp3) is 0.412. The zero-order valence-electron chi connectivity index (χ0n) is 13.4. The van der Waals surface area contributed by atoms with E-state index in [2.05, 4.69) is 5.10 Å². The second-order valence-electron chi connectivity index (χ2n) is 5.87. The van der Waals surface area contributed by atoms with Crippen LogP contribution in [0.25, 0.3) is 0 Å². The molecule has 1 aliphatic heterocycles. The minimum atomic E-state index is -1.17. The van der Waals surface area contributed by atoms with E-state index >= 15 is 0 Å². The normalized spacial score (nSPS) is 16.9. The summed E-state index contributed by atoms with van der Waals surface area (Å²) in [6.45, 7) is 1.17. The summed E-state index contributed by atoms with van der Waals surface area (Å²) in [5.74, 6) is 0.341. The Bertz CT molecular complexity index is 711. The molecule has 2 aromatic rings. The fourth-order valence-electron chi connectivity index (χ4n) is 2.99. The first-order chi connectivity index (χ1) is 11.6. The van der Waals surface area contributed by atoms with Crippen molar-refractivity contribution in [2.75, 3.05) is 20.2 Å². The van der Waals surface area contributed by atoms with Crippen molar-refractivity contribution in [1.82, 2.24) is 14.7 Å². The summed E-state index contributed by atoms with van der Waals surface area (Å²) in [7, 11) is 1.56. The Morgan fingerprint density at radius 3 is 2.79 bits per heavy atom. The first-order valence-corrected chi connectivity index (χ1v) is 8.26. The molecule has 2 heterocycles. The van der Waals surface area contributed by atoms with Crippen LogP contribution in [0.1, 0.15) is 30.6 Å². The number of hydrogen-bond acceptors (Lipinski definition) is 4. The van der Waals surface area contributed by atoms with Gasteiger partial charge in [-0.1, -0.05) is 23.7 Å². The SMILES string of the molecule is COc1cccc(C(O)C(=O)N2CCC(n3cc(Cl)cn3)CC2)c1. The molecule has 1 aromatic carbocycles. The number of benzene rings is 1. The number of piperidine rings is 1. The Hall–Kier alpha value is -2.05. The van der Waals surface area contributed by atoms with Gasteiger partial charge in [-0.25, -0.2) is 0 Å². The van der Waals surface area contributed by atoms with E-state index in [1.807, 2.05) is 4.68 Å². The Kier molecular flexibility index (Phi) is 5.06. The number of ether oxygens (including phenoxy) is 1. The molecule has 7 heteroatoms. The lowest BCUT2D eigenvalue weighted by molar-refractivity contribution is -0.141. The molecule has 1 unspecified atom stereocenters. The van der Waals surface area contributed by atoms with E-state index in [0.717, 1.165) is 12.8 Å². The van der Waals surface area contributed by atoms with E-state index < -0.39 is 6.10 Å². The molecule has 1 amide bonds. The monoisotopic (exact) mass is 349 g/mol. The number of methoxy groups -OCH3 is 1. The van der Waals surface area contributed by atoms with Crippen LogP contribution >= 0.6 is 11.6 Å². The average molecular weight is 350 g/mol. The van der Waals surface area contributed by atoms with Crippen LogP contribution in [0.4, 0.5) is 0 Å². The molecule has 128 valence electrons. The van der Waals surface area contributed by atoms with E-state index in [1.54, 1.807) is 48.7 Å². The van der Waals surface area contributed by atoms with Gasteiger partial charge in [-0.15, -0.1) is 0 Å². The van der Waals surface area contributed by atoms with Gasteiger partial charge in [0.15, 0.2) is 6.10 Å². The fourth-order valence-corrected chi connectivity index (χ4v) is 3.14. The number of aromatic nitrogens is 2. The predicted molar refractivity (Wildman–Crippen MR) is 90.0 cm³/mol. The van der Waals surface area contributed by atoms with Crippen LogP contribution in [0.5, 0.6) is 5.75 Å². The smallest absolute Gasteiger partial charge is 0.256 e. The number of rotatable bonds is 4. The van der Waals surface area contributed by atoms with Crippen molar-refractivity contribution in [3.05, 3.63) is 47.2 Å². The maximum Gasteiger partial charge on any atom is 0.256 e. The van der Waals surface area contributed by atoms with E-state index in [4.69, 9.17) is 16.3 Å². The number of amides is 1. The minimum absolute atomic E-state index is 0.232. The zero-order chi connectivity index (χ0) is 17.1. The predicted octanol–water partition coefficient (Wildman–Crippen LogP) is 2.44. The number of carbonyl (C=O) groups is 1. The van der Waals surface area contributed by atoms with Crippen molar-refractivity contribution >= 4 is 17.5 Å². The van der Waals surface area contributed by atoms with Crippen molar-refractivity contribution in [2.24, 2.45) is 0 Å². The molecule has 1 fully saturated rings. The standard InChI is InChI=1S/C17H20ClN3O3/c1-24-15-4-2-3-12(9-15)16(22)17(23)20-7-5-14(6-8-20)21-11-13(18)10-19-21/h2-4,9-11,14,16,22H,5-8H2,1H3. The largest absolute Gasteiger partial charge is 0.497 e. The highest BCUT2D eigenvalue weighted by atomic mass is 35.5. The van der Waals surface area contributed by atoms with Crippen LogP contribution in [-0.4, -0.2) is 45.9 Å². The second-order valence-corrected chi connectivity index (χ2v) is 6.31. The van der Waals surface area contributed by atoms with Gasteiger partial charge in [-0.2, -0.15) is 5.10 Å². The summed E-state index contributed by atoms with van der Waals surface area (Å²) in [4.78, 5) is 14.2. The van der Waals surface area contributed by atoms with Gasteiger partial charge in [-0.3, -0.25) is 9.48 Å². The van der Waals surface area contributed by atoms with Crippen molar-refractivity contribution in [2.45, 2.75) is 25.0 Å². The van der Waals surface area contributed by atoms with E-state index in [0.29, 0.717) is 29.4 Å². The van der Waals surface area contributed by atoms with Crippen molar-refractivity contribution in [3.8, 4) is 5.75 Å². The van der Waals surface area contributed by atoms with Crippen LogP contribution < -0.4 is 4.74 Å². The van der Waals surface area contributed by atoms with E-state index in [9.17, 15) is 9.90 Å². The Morgan fingerprint density at radius 1 is 1.42 bits per heavy atom. The number of nitrogens with zero attached hydrogens (tertiary/aromatic N) is 3. The van der Waals surface area contributed by atoms with Gasteiger partial charge in [0.25, 0.3) is 5.91 Å². The summed E-state index contributed by atoms with van der Waals surface area (Å²) in [6.07, 6.45) is 3.82. The third kappa shape index (κ3) is 3.55. The lowest BCUT2D eigenvalue weighted by atomic mass is 10.0. The van der Waals surface area contributed by atoms with Gasteiger partial charge in [0, 0.05) is 19.3 Å². The molecule has 3 rings (SSSR count). The molecule has 0 saturated carbocycles. The van der Waals surface area contributed by atoms with Crippen LogP contribution in [-0.2, 0) is 4.79 Å². The minimum Gasteiger partial charge on any atom is -0.497 e. The highest BCUT2D eigenvalue weighted by Crippen LogP contribution is 2.26. The van der Waals surface area contributed by atoms with E-state index in [-0.39, 0.29) is 11.9 Å². The zero-order valence-corrected chi connectivity index (χ0v) is 14.2. The van der Waals surface area contributed by atoms with Crippen molar-refractivity contribution in [3.63, 3.8) is 0 Å². The molecular formula is C17H20ClN3O3. The third-order valence-corrected chi connectivity index (χ3v) is 4.56.